The van der Waals surface area contributed by atoms with E-state index in [1.54, 1.807) is 0 Å². The van der Waals surface area contributed by atoms with Gasteiger partial charge in [-0.25, -0.2) is 0 Å². The summed E-state index contributed by atoms with van der Waals surface area (Å²) in [6.07, 6.45) is 1.05. The molecule has 0 radical (unpaired) electrons. The summed E-state index contributed by atoms with van der Waals surface area (Å²) in [6.45, 7) is 4.70. The van der Waals surface area contributed by atoms with Crippen LogP contribution in [0.4, 0.5) is 0 Å². The average Bonchev–Trinajstić information content (AvgIpc) is 2.39. The lowest BCUT2D eigenvalue weighted by Gasteiger charge is -2.10. The van der Waals surface area contributed by atoms with Crippen molar-refractivity contribution in [3.05, 3.63) is 64.2 Å². The predicted octanol–water partition coefficient (Wildman–Crippen LogP) is 4.79. The molecule has 0 aliphatic rings. The molecule has 0 heterocycles. The summed E-state index contributed by atoms with van der Waals surface area (Å²) < 4.78 is 5.77. The summed E-state index contributed by atoms with van der Waals surface area (Å²) >= 11 is 6.16. The van der Waals surface area contributed by atoms with Gasteiger partial charge in [-0.2, -0.15) is 0 Å². The quantitative estimate of drug-likeness (QED) is 0.768. The first-order valence-corrected chi connectivity index (χ1v) is 6.54. The number of hydrogen-bond acceptors (Lipinski definition) is 1. The minimum atomic E-state index is 0.511. The Morgan fingerprint density at radius 3 is 2.39 bits per heavy atom. The molecule has 18 heavy (non-hydrogen) atoms. The van der Waals surface area contributed by atoms with E-state index in [1.165, 1.54) is 5.56 Å². The van der Waals surface area contributed by atoms with E-state index in [9.17, 15) is 0 Å². The minimum Gasteiger partial charge on any atom is -0.489 e. The zero-order chi connectivity index (χ0) is 13.0. The predicted molar refractivity (Wildman–Crippen MR) is 76.3 cm³/mol. The van der Waals surface area contributed by atoms with E-state index in [-0.39, 0.29) is 0 Å². The van der Waals surface area contributed by atoms with E-state index in [0.29, 0.717) is 6.61 Å². The van der Waals surface area contributed by atoms with Crippen LogP contribution in [0.1, 0.15) is 23.6 Å². The van der Waals surface area contributed by atoms with E-state index < -0.39 is 0 Å². The number of halogens is 1. The highest BCUT2D eigenvalue weighted by Gasteiger charge is 2.04. The van der Waals surface area contributed by atoms with Gasteiger partial charge in [0.1, 0.15) is 12.4 Å². The van der Waals surface area contributed by atoms with Gasteiger partial charge in [-0.05, 0) is 42.7 Å². The third-order valence-corrected chi connectivity index (χ3v) is 3.42. The second-order valence-corrected chi connectivity index (χ2v) is 4.73. The van der Waals surface area contributed by atoms with E-state index >= 15 is 0 Å². The zero-order valence-corrected chi connectivity index (χ0v) is 11.5. The van der Waals surface area contributed by atoms with Gasteiger partial charge in [-0.3, -0.25) is 0 Å². The average molecular weight is 261 g/mol. The maximum absolute atomic E-state index is 6.16. The molecule has 0 fully saturated rings. The first-order valence-electron chi connectivity index (χ1n) is 6.16. The first-order chi connectivity index (χ1) is 8.70. The molecule has 0 unspecified atom stereocenters. The van der Waals surface area contributed by atoms with Gasteiger partial charge in [0.2, 0.25) is 0 Å². The molecule has 0 N–H and O–H groups in total. The summed E-state index contributed by atoms with van der Waals surface area (Å²) in [7, 11) is 0. The fourth-order valence-corrected chi connectivity index (χ4v) is 2.10. The third kappa shape index (κ3) is 3.05. The lowest BCUT2D eigenvalue weighted by molar-refractivity contribution is 0.305. The molecule has 94 valence electrons. The molecule has 2 aromatic carbocycles. The van der Waals surface area contributed by atoms with E-state index in [2.05, 4.69) is 19.1 Å². The fourth-order valence-electron chi connectivity index (χ4n) is 1.83. The Morgan fingerprint density at radius 1 is 1.06 bits per heavy atom. The molecule has 2 rings (SSSR count). The second kappa shape index (κ2) is 5.92. The second-order valence-electron chi connectivity index (χ2n) is 4.32. The maximum Gasteiger partial charge on any atom is 0.119 e. The van der Waals surface area contributed by atoms with Crippen molar-refractivity contribution in [2.45, 2.75) is 26.9 Å². The van der Waals surface area contributed by atoms with Crippen LogP contribution in [-0.4, -0.2) is 0 Å². The number of ether oxygens (including phenoxy) is 1. The fraction of sp³-hybridized carbons (Fsp3) is 0.250. The van der Waals surface area contributed by atoms with Crippen molar-refractivity contribution in [2.24, 2.45) is 0 Å². The van der Waals surface area contributed by atoms with Crippen LogP contribution >= 0.6 is 11.6 Å². The number of rotatable bonds is 4. The Hall–Kier alpha value is -1.47. The molecule has 0 atom stereocenters. The van der Waals surface area contributed by atoms with Crippen molar-refractivity contribution < 1.29 is 4.74 Å². The van der Waals surface area contributed by atoms with E-state index in [0.717, 1.165) is 28.3 Å². The smallest absolute Gasteiger partial charge is 0.119 e. The minimum absolute atomic E-state index is 0.511. The first kappa shape index (κ1) is 13.0. The Balaban J connectivity index is 2.06. The van der Waals surface area contributed by atoms with Crippen LogP contribution in [0, 0.1) is 6.92 Å². The summed E-state index contributed by atoms with van der Waals surface area (Å²) in [6, 6.07) is 14.1. The third-order valence-electron chi connectivity index (χ3n) is 3.07. The highest BCUT2D eigenvalue weighted by atomic mass is 35.5. The Kier molecular flexibility index (Phi) is 4.27. The molecule has 0 saturated heterocycles. The van der Waals surface area contributed by atoms with Gasteiger partial charge in [0, 0.05) is 10.6 Å². The molecular formula is C16H17ClO. The van der Waals surface area contributed by atoms with Crippen LogP contribution in [0.2, 0.25) is 5.02 Å². The van der Waals surface area contributed by atoms with Crippen LogP contribution < -0.4 is 4.74 Å². The van der Waals surface area contributed by atoms with Crippen LogP contribution in [-0.2, 0) is 13.0 Å². The monoisotopic (exact) mass is 260 g/mol. The van der Waals surface area contributed by atoms with Crippen molar-refractivity contribution in [2.75, 3.05) is 0 Å². The molecule has 0 saturated carbocycles. The molecule has 2 aromatic rings. The van der Waals surface area contributed by atoms with Crippen molar-refractivity contribution in [3.8, 4) is 5.75 Å². The lowest BCUT2D eigenvalue weighted by atomic mass is 10.1. The van der Waals surface area contributed by atoms with Gasteiger partial charge in [0.15, 0.2) is 0 Å². The highest BCUT2D eigenvalue weighted by molar-refractivity contribution is 6.31. The topological polar surface area (TPSA) is 9.23 Å². The molecule has 0 aromatic heterocycles. The Labute approximate surface area is 113 Å². The molecule has 1 nitrogen and oxygen atoms in total. The Morgan fingerprint density at radius 2 is 1.78 bits per heavy atom. The van der Waals surface area contributed by atoms with Gasteiger partial charge >= 0.3 is 0 Å². The van der Waals surface area contributed by atoms with E-state index in [4.69, 9.17) is 16.3 Å². The lowest BCUT2D eigenvalue weighted by Crippen LogP contribution is -1.98. The number of aryl methyl sites for hydroxylation is 2. The zero-order valence-electron chi connectivity index (χ0n) is 10.7. The molecule has 0 amide bonds. The van der Waals surface area contributed by atoms with Crippen molar-refractivity contribution in [1.82, 2.24) is 0 Å². The summed E-state index contributed by atoms with van der Waals surface area (Å²) in [4.78, 5) is 0. The SMILES string of the molecule is CCc1ccc(OCc2c(C)cccc2Cl)cc1. The summed E-state index contributed by atoms with van der Waals surface area (Å²) in [5, 5.41) is 0.764. The van der Waals surface area contributed by atoms with Crippen LogP contribution in [0.3, 0.4) is 0 Å². The normalized spacial score (nSPS) is 10.4. The standard InChI is InChI=1S/C16H17ClO/c1-3-13-7-9-14(10-8-13)18-11-15-12(2)5-4-6-16(15)17/h4-10H,3,11H2,1-2H3. The molecule has 0 spiro atoms. The van der Waals surface area contributed by atoms with Gasteiger partial charge in [0.05, 0.1) is 0 Å². The van der Waals surface area contributed by atoms with Crippen LogP contribution in [0.15, 0.2) is 42.5 Å². The van der Waals surface area contributed by atoms with E-state index in [1.807, 2.05) is 37.3 Å². The molecular weight excluding hydrogens is 244 g/mol. The molecule has 0 aliphatic heterocycles. The number of benzene rings is 2. The number of hydrogen-bond donors (Lipinski definition) is 0. The van der Waals surface area contributed by atoms with Crippen molar-refractivity contribution in [3.63, 3.8) is 0 Å². The Bertz CT molecular complexity index is 497. The highest BCUT2D eigenvalue weighted by Crippen LogP contribution is 2.22. The van der Waals surface area contributed by atoms with Gasteiger partial charge in [0.25, 0.3) is 0 Å². The largest absolute Gasteiger partial charge is 0.489 e. The van der Waals surface area contributed by atoms with Crippen LogP contribution in [0.25, 0.3) is 0 Å². The summed E-state index contributed by atoms with van der Waals surface area (Å²) in [5.74, 6) is 0.881. The van der Waals surface area contributed by atoms with Crippen molar-refractivity contribution in [1.29, 1.82) is 0 Å². The van der Waals surface area contributed by atoms with Gasteiger partial charge < -0.3 is 4.74 Å². The molecule has 2 heteroatoms. The van der Waals surface area contributed by atoms with Gasteiger partial charge in [-0.1, -0.05) is 42.8 Å². The van der Waals surface area contributed by atoms with Crippen LogP contribution in [0.5, 0.6) is 5.75 Å². The molecule has 0 aliphatic carbocycles. The van der Waals surface area contributed by atoms with Crippen molar-refractivity contribution >= 4 is 11.6 Å². The van der Waals surface area contributed by atoms with Gasteiger partial charge in [-0.15, -0.1) is 0 Å². The maximum atomic E-state index is 6.16. The summed E-state index contributed by atoms with van der Waals surface area (Å²) in [5.41, 5.74) is 3.53. The molecule has 0 bridgehead atoms.